The molecule has 2 heterocycles. The molecule has 3 rings (SSSR count). The molecular formula is C16H20FN3O4. The van der Waals surface area contributed by atoms with Crippen molar-refractivity contribution in [1.29, 1.82) is 0 Å². The largest absolute Gasteiger partial charge is 0.453 e. The molecule has 1 N–H and O–H groups in total. The van der Waals surface area contributed by atoms with E-state index in [0.717, 1.165) is 5.56 Å². The van der Waals surface area contributed by atoms with E-state index in [9.17, 15) is 14.0 Å². The van der Waals surface area contributed by atoms with Gasteiger partial charge in [-0.2, -0.15) is 0 Å². The first-order valence-electron chi connectivity index (χ1n) is 7.77. The van der Waals surface area contributed by atoms with E-state index >= 15 is 0 Å². The molecule has 0 unspecified atom stereocenters. The Hall–Kier alpha value is -2.51. The molecule has 2 aliphatic heterocycles. The Kier molecular flexibility index (Phi) is 3.98. The van der Waals surface area contributed by atoms with Gasteiger partial charge in [0.25, 0.3) is 0 Å². The lowest BCUT2D eigenvalue weighted by molar-refractivity contribution is 0.103. The van der Waals surface area contributed by atoms with Gasteiger partial charge in [-0.25, -0.2) is 14.0 Å². The van der Waals surface area contributed by atoms with Crippen LogP contribution in [0, 0.1) is 5.82 Å². The van der Waals surface area contributed by atoms with Crippen LogP contribution in [0.4, 0.5) is 19.7 Å². The molecule has 1 aromatic carbocycles. The third-order valence-electron chi connectivity index (χ3n) is 4.68. The van der Waals surface area contributed by atoms with Crippen molar-refractivity contribution in [3.05, 3.63) is 29.6 Å². The van der Waals surface area contributed by atoms with Gasteiger partial charge in [0.15, 0.2) is 0 Å². The van der Waals surface area contributed by atoms with Crippen LogP contribution in [0.1, 0.15) is 18.9 Å². The maximum atomic E-state index is 13.7. The van der Waals surface area contributed by atoms with Crippen LogP contribution in [-0.4, -0.2) is 50.6 Å². The van der Waals surface area contributed by atoms with Gasteiger partial charge in [0.1, 0.15) is 17.5 Å². The minimum atomic E-state index is -0.863. The number of hydrogen-bond donors (Lipinski definition) is 1. The molecule has 1 aromatic rings. The van der Waals surface area contributed by atoms with E-state index in [1.807, 2.05) is 0 Å². The zero-order valence-electron chi connectivity index (χ0n) is 13.8. The van der Waals surface area contributed by atoms with Gasteiger partial charge in [-0.1, -0.05) is 6.07 Å². The van der Waals surface area contributed by atoms with Gasteiger partial charge in [-0.15, -0.1) is 0 Å². The SMILES string of the molecule is CCOC(=O)N[C@@]12CCN(C(=O)OC)[C@@H]1N(C)c1cc(F)ccc12. The Bertz CT molecular complexity index is 683. The molecule has 0 radical (unpaired) electrons. The summed E-state index contributed by atoms with van der Waals surface area (Å²) in [6, 6.07) is 4.40. The number of ether oxygens (including phenoxy) is 2. The van der Waals surface area contributed by atoms with Crippen LogP contribution in [0.25, 0.3) is 0 Å². The number of anilines is 1. The maximum Gasteiger partial charge on any atom is 0.411 e. The number of likely N-dealkylation sites (N-methyl/N-ethyl adjacent to an activating group) is 1. The summed E-state index contributed by atoms with van der Waals surface area (Å²) in [6.45, 7) is 2.36. The molecule has 8 heteroatoms. The summed E-state index contributed by atoms with van der Waals surface area (Å²) >= 11 is 0. The Morgan fingerprint density at radius 2 is 2.21 bits per heavy atom. The highest BCUT2D eigenvalue weighted by atomic mass is 19.1. The van der Waals surface area contributed by atoms with Crippen molar-refractivity contribution in [2.45, 2.75) is 25.0 Å². The fraction of sp³-hybridized carbons (Fsp3) is 0.500. The molecule has 0 aromatic heterocycles. The number of alkyl carbamates (subject to hydrolysis) is 1. The molecule has 1 saturated heterocycles. The molecule has 0 bridgehead atoms. The number of nitrogens with zero attached hydrogens (tertiary/aromatic N) is 2. The van der Waals surface area contributed by atoms with Crippen molar-refractivity contribution >= 4 is 17.9 Å². The van der Waals surface area contributed by atoms with Gasteiger partial charge < -0.3 is 19.7 Å². The zero-order chi connectivity index (χ0) is 17.5. The summed E-state index contributed by atoms with van der Waals surface area (Å²) in [6.07, 6.45) is -1.09. The van der Waals surface area contributed by atoms with Crippen molar-refractivity contribution in [3.8, 4) is 0 Å². The number of amides is 2. The van der Waals surface area contributed by atoms with Gasteiger partial charge in [-0.05, 0) is 25.5 Å². The van der Waals surface area contributed by atoms with Crippen LogP contribution in [0.3, 0.4) is 0 Å². The Morgan fingerprint density at radius 1 is 1.46 bits per heavy atom. The Morgan fingerprint density at radius 3 is 2.88 bits per heavy atom. The monoisotopic (exact) mass is 337 g/mol. The second-order valence-electron chi connectivity index (χ2n) is 5.88. The molecule has 0 aliphatic carbocycles. The van der Waals surface area contributed by atoms with Gasteiger partial charge in [0.2, 0.25) is 0 Å². The predicted molar refractivity (Wildman–Crippen MR) is 84.2 cm³/mol. The number of carbonyl (C=O) groups excluding carboxylic acids is 2. The summed E-state index contributed by atoms with van der Waals surface area (Å²) in [7, 11) is 3.07. The van der Waals surface area contributed by atoms with Crippen LogP contribution in [0.2, 0.25) is 0 Å². The number of benzene rings is 1. The number of methoxy groups -OCH3 is 1. The number of likely N-dealkylation sites (tertiary alicyclic amines) is 1. The molecule has 2 amide bonds. The van der Waals surface area contributed by atoms with E-state index in [0.29, 0.717) is 18.7 Å². The second-order valence-corrected chi connectivity index (χ2v) is 5.88. The van der Waals surface area contributed by atoms with Gasteiger partial charge in [0, 0.05) is 24.8 Å². The fourth-order valence-corrected chi connectivity index (χ4v) is 3.79. The van der Waals surface area contributed by atoms with E-state index in [-0.39, 0.29) is 12.4 Å². The van der Waals surface area contributed by atoms with E-state index in [2.05, 4.69) is 5.32 Å². The number of hydrogen-bond acceptors (Lipinski definition) is 5. The van der Waals surface area contributed by atoms with Gasteiger partial charge in [-0.3, -0.25) is 4.90 Å². The van der Waals surface area contributed by atoms with Crippen molar-refractivity contribution < 1.29 is 23.5 Å². The summed E-state index contributed by atoms with van der Waals surface area (Å²) < 4.78 is 23.6. The molecule has 0 saturated carbocycles. The van der Waals surface area contributed by atoms with E-state index < -0.39 is 23.9 Å². The highest BCUT2D eigenvalue weighted by Gasteiger charge is 2.59. The molecule has 7 nitrogen and oxygen atoms in total. The number of carbonyl (C=O) groups is 2. The smallest absolute Gasteiger partial charge is 0.411 e. The summed E-state index contributed by atoms with van der Waals surface area (Å²) in [5.41, 5.74) is 0.527. The first-order chi connectivity index (χ1) is 11.4. The van der Waals surface area contributed by atoms with Crippen molar-refractivity contribution in [3.63, 3.8) is 0 Å². The van der Waals surface area contributed by atoms with Crippen molar-refractivity contribution in [1.82, 2.24) is 10.2 Å². The lowest BCUT2D eigenvalue weighted by Gasteiger charge is -2.35. The highest BCUT2D eigenvalue weighted by molar-refractivity contribution is 5.77. The first kappa shape index (κ1) is 16.4. The first-order valence-corrected chi connectivity index (χ1v) is 7.77. The van der Waals surface area contributed by atoms with Crippen molar-refractivity contribution in [2.75, 3.05) is 32.2 Å². The van der Waals surface area contributed by atoms with E-state index in [4.69, 9.17) is 9.47 Å². The van der Waals surface area contributed by atoms with Gasteiger partial charge in [0.05, 0.1) is 13.7 Å². The normalized spacial score (nSPS) is 24.4. The minimum absolute atomic E-state index is 0.236. The number of fused-ring (bicyclic) bond motifs is 3. The second kappa shape index (κ2) is 5.85. The number of halogens is 1. The average molecular weight is 337 g/mol. The van der Waals surface area contributed by atoms with Crippen LogP contribution in [0.5, 0.6) is 0 Å². The lowest BCUT2D eigenvalue weighted by atomic mass is 9.89. The summed E-state index contributed by atoms with van der Waals surface area (Å²) in [5, 5.41) is 2.90. The Balaban J connectivity index is 2.07. The summed E-state index contributed by atoms with van der Waals surface area (Å²) in [5.74, 6) is -0.378. The van der Waals surface area contributed by atoms with Crippen LogP contribution < -0.4 is 10.2 Å². The van der Waals surface area contributed by atoms with Crippen LogP contribution in [0.15, 0.2) is 18.2 Å². The maximum absolute atomic E-state index is 13.7. The molecule has 130 valence electrons. The highest BCUT2D eigenvalue weighted by Crippen LogP contribution is 2.50. The molecule has 0 spiro atoms. The number of nitrogens with one attached hydrogen (secondary N) is 1. The lowest BCUT2D eigenvalue weighted by Crippen LogP contribution is -2.57. The van der Waals surface area contributed by atoms with Gasteiger partial charge >= 0.3 is 12.2 Å². The van der Waals surface area contributed by atoms with Crippen molar-refractivity contribution in [2.24, 2.45) is 0 Å². The number of rotatable bonds is 2. The standard InChI is InChI=1S/C16H20FN3O4/c1-4-24-14(21)18-16-7-8-20(15(22)23-3)13(16)19(2)12-9-10(17)5-6-11(12)16/h5-6,9,13H,4,7-8H2,1-3H3,(H,18,21)/t13-,16+/m0/s1. The minimum Gasteiger partial charge on any atom is -0.453 e. The van der Waals surface area contributed by atoms with Crippen LogP contribution >= 0.6 is 0 Å². The third kappa shape index (κ3) is 2.24. The quantitative estimate of drug-likeness (QED) is 0.894. The van der Waals surface area contributed by atoms with E-state index in [1.54, 1.807) is 24.9 Å². The summed E-state index contributed by atoms with van der Waals surface area (Å²) in [4.78, 5) is 27.6. The Labute approximate surface area is 139 Å². The molecule has 2 atom stereocenters. The molecular weight excluding hydrogens is 317 g/mol. The van der Waals surface area contributed by atoms with Crippen LogP contribution in [-0.2, 0) is 15.0 Å². The average Bonchev–Trinajstić information content (AvgIpc) is 3.02. The topological polar surface area (TPSA) is 71.1 Å². The predicted octanol–water partition coefficient (Wildman–Crippen LogP) is 2.02. The molecule has 1 fully saturated rings. The molecule has 2 aliphatic rings. The molecule has 24 heavy (non-hydrogen) atoms. The zero-order valence-corrected chi connectivity index (χ0v) is 13.8. The third-order valence-corrected chi connectivity index (χ3v) is 4.68. The fourth-order valence-electron chi connectivity index (χ4n) is 3.79. The van der Waals surface area contributed by atoms with E-state index in [1.165, 1.54) is 24.1 Å².